The van der Waals surface area contributed by atoms with Crippen LogP contribution in [-0.2, 0) is 11.5 Å². The van der Waals surface area contributed by atoms with Gasteiger partial charge in [-0.2, -0.15) is 0 Å². The van der Waals surface area contributed by atoms with Crippen molar-refractivity contribution in [2.45, 2.75) is 51.9 Å². The highest BCUT2D eigenvalue weighted by Crippen LogP contribution is 2.36. The van der Waals surface area contributed by atoms with Crippen molar-refractivity contribution in [3.63, 3.8) is 0 Å². The van der Waals surface area contributed by atoms with Crippen molar-refractivity contribution in [3.05, 3.63) is 77.3 Å². The highest BCUT2D eigenvalue weighted by Gasteiger charge is 2.19. The molecule has 0 aliphatic heterocycles. The van der Waals surface area contributed by atoms with Crippen molar-refractivity contribution in [1.29, 1.82) is 0 Å². The van der Waals surface area contributed by atoms with Gasteiger partial charge < -0.3 is 0 Å². The van der Waals surface area contributed by atoms with Crippen molar-refractivity contribution in [3.8, 4) is 21.7 Å². The summed E-state index contributed by atoms with van der Waals surface area (Å²) in [5, 5.41) is 2.61. The minimum atomic E-state index is -1.10. The summed E-state index contributed by atoms with van der Waals surface area (Å²) in [5.41, 5.74) is 4.95. The number of nitrogens with zero attached hydrogens (tertiary/aromatic N) is 1. The van der Waals surface area contributed by atoms with E-state index in [1.54, 1.807) is 0 Å². The second-order valence-corrected chi connectivity index (χ2v) is 17.1. The summed E-state index contributed by atoms with van der Waals surface area (Å²) in [7, 11) is -1.10. The summed E-state index contributed by atoms with van der Waals surface area (Å²) in [6.45, 7) is 14.2. The summed E-state index contributed by atoms with van der Waals surface area (Å²) >= 11 is 1.93. The Morgan fingerprint density at radius 1 is 0.867 bits per heavy atom. The molecule has 0 N–H and O–H groups in total. The number of hydrogen-bond acceptors (Lipinski definition) is 2. The Balaban J connectivity index is 1.77. The van der Waals surface area contributed by atoms with Gasteiger partial charge in [-0.15, -0.1) is 11.3 Å². The standard InChI is InChI=1S/C27H31NSSi/c1-27(2,3)24-16-21(15-19-9-7-8-10-23(19)24)25-17-20(13-14-28-25)26-12-11-22(29-26)18-30(4,5)6/h7-17H,18H2,1-6H3. The van der Waals surface area contributed by atoms with Crippen LogP contribution in [0.15, 0.2) is 66.9 Å². The molecule has 0 saturated heterocycles. The van der Waals surface area contributed by atoms with Crippen LogP contribution >= 0.6 is 11.3 Å². The molecule has 2 heterocycles. The quantitative estimate of drug-likeness (QED) is 0.297. The van der Waals surface area contributed by atoms with E-state index in [-0.39, 0.29) is 5.41 Å². The molecule has 2 aromatic carbocycles. The van der Waals surface area contributed by atoms with E-state index in [1.807, 2.05) is 17.5 Å². The molecule has 0 radical (unpaired) electrons. The van der Waals surface area contributed by atoms with Crippen LogP contribution in [0.25, 0.3) is 32.5 Å². The summed E-state index contributed by atoms with van der Waals surface area (Å²) in [6, 6.07) is 23.5. The van der Waals surface area contributed by atoms with E-state index in [0.717, 1.165) is 5.69 Å². The van der Waals surface area contributed by atoms with Gasteiger partial charge in [0.2, 0.25) is 0 Å². The molecule has 3 heteroatoms. The molecule has 154 valence electrons. The number of benzene rings is 2. The third kappa shape index (κ3) is 4.58. The van der Waals surface area contributed by atoms with E-state index in [4.69, 9.17) is 4.98 Å². The number of aromatic nitrogens is 1. The molecule has 0 fully saturated rings. The SMILES string of the molecule is CC(C)(C)c1cc(-c2cc(-c3ccc(C[Si](C)(C)C)s3)ccn2)cc2ccccc12. The largest absolute Gasteiger partial charge is 0.256 e. The molecular weight excluding hydrogens is 398 g/mol. The van der Waals surface area contributed by atoms with Gasteiger partial charge in [0.1, 0.15) is 0 Å². The number of fused-ring (bicyclic) bond motifs is 1. The van der Waals surface area contributed by atoms with Gasteiger partial charge in [0, 0.05) is 29.6 Å². The Morgan fingerprint density at radius 3 is 2.37 bits per heavy atom. The maximum Gasteiger partial charge on any atom is 0.0708 e. The van der Waals surface area contributed by atoms with Crippen molar-refractivity contribution in [2.75, 3.05) is 0 Å². The Kier molecular flexibility index (Phi) is 5.46. The topological polar surface area (TPSA) is 12.9 Å². The maximum atomic E-state index is 4.74. The lowest BCUT2D eigenvalue weighted by molar-refractivity contribution is 0.596. The summed E-state index contributed by atoms with van der Waals surface area (Å²) < 4.78 is 0. The lowest BCUT2D eigenvalue weighted by Crippen LogP contribution is -2.23. The van der Waals surface area contributed by atoms with Crippen molar-refractivity contribution >= 4 is 30.2 Å². The first-order valence-corrected chi connectivity index (χ1v) is 15.2. The molecule has 0 spiro atoms. The van der Waals surface area contributed by atoms with Gasteiger partial charge in [-0.25, -0.2) is 0 Å². The highest BCUT2D eigenvalue weighted by atomic mass is 32.1. The summed E-state index contributed by atoms with van der Waals surface area (Å²) in [6.07, 6.45) is 1.95. The van der Waals surface area contributed by atoms with Crippen molar-refractivity contribution in [2.24, 2.45) is 0 Å². The van der Waals surface area contributed by atoms with Crippen molar-refractivity contribution < 1.29 is 0 Å². The number of rotatable bonds is 4. The van der Waals surface area contributed by atoms with Gasteiger partial charge in [0.15, 0.2) is 0 Å². The van der Waals surface area contributed by atoms with E-state index in [0.29, 0.717) is 0 Å². The van der Waals surface area contributed by atoms with Crippen LogP contribution in [0.3, 0.4) is 0 Å². The van der Waals surface area contributed by atoms with E-state index in [2.05, 4.69) is 101 Å². The fourth-order valence-electron chi connectivity index (χ4n) is 3.97. The average Bonchev–Trinajstić information content (AvgIpc) is 3.13. The van der Waals surface area contributed by atoms with E-state index in [9.17, 15) is 0 Å². The van der Waals surface area contributed by atoms with Crippen LogP contribution in [0, 0.1) is 0 Å². The van der Waals surface area contributed by atoms with Gasteiger partial charge in [-0.1, -0.05) is 64.7 Å². The molecule has 2 aromatic heterocycles. The van der Waals surface area contributed by atoms with Gasteiger partial charge in [0.25, 0.3) is 0 Å². The minimum Gasteiger partial charge on any atom is -0.256 e. The smallest absolute Gasteiger partial charge is 0.0708 e. The highest BCUT2D eigenvalue weighted by molar-refractivity contribution is 7.16. The second-order valence-electron chi connectivity index (χ2n) is 10.4. The Labute approximate surface area is 185 Å². The van der Waals surface area contributed by atoms with Gasteiger partial charge in [-0.3, -0.25) is 4.98 Å². The molecule has 0 amide bonds. The average molecular weight is 430 g/mol. The van der Waals surface area contributed by atoms with Crippen LogP contribution < -0.4 is 0 Å². The lowest BCUT2D eigenvalue weighted by Gasteiger charge is -2.22. The van der Waals surface area contributed by atoms with E-state index < -0.39 is 8.07 Å². The first-order chi connectivity index (χ1) is 14.1. The Hall–Kier alpha value is -2.23. The third-order valence-electron chi connectivity index (χ3n) is 5.38. The molecule has 30 heavy (non-hydrogen) atoms. The minimum absolute atomic E-state index is 0.0761. The molecule has 4 aromatic rings. The van der Waals surface area contributed by atoms with Gasteiger partial charge >= 0.3 is 0 Å². The zero-order valence-corrected chi connectivity index (χ0v) is 20.7. The molecule has 0 unspecified atom stereocenters. The van der Waals surface area contributed by atoms with Crippen LogP contribution in [-0.4, -0.2) is 13.1 Å². The monoisotopic (exact) mass is 429 g/mol. The predicted molar refractivity (Wildman–Crippen MR) is 136 cm³/mol. The molecule has 0 aliphatic carbocycles. The normalized spacial score (nSPS) is 12.5. The van der Waals surface area contributed by atoms with E-state index >= 15 is 0 Å². The fraction of sp³-hybridized carbons (Fsp3) is 0.296. The number of thiophene rings is 1. The first kappa shape index (κ1) is 21.0. The molecule has 0 saturated carbocycles. The number of pyridine rings is 1. The zero-order valence-electron chi connectivity index (χ0n) is 18.9. The van der Waals surface area contributed by atoms with Gasteiger partial charge in [-0.05, 0) is 69.8 Å². The molecule has 0 atom stereocenters. The summed E-state index contributed by atoms with van der Waals surface area (Å²) in [5.74, 6) is 0. The van der Waals surface area contributed by atoms with E-state index in [1.165, 1.54) is 43.3 Å². The molecular formula is C27H31NSSi. The predicted octanol–water partition coefficient (Wildman–Crippen LogP) is 8.35. The van der Waals surface area contributed by atoms with Crippen LogP contribution in [0.1, 0.15) is 31.2 Å². The molecule has 4 rings (SSSR count). The lowest BCUT2D eigenvalue weighted by atomic mass is 9.82. The van der Waals surface area contributed by atoms with Crippen molar-refractivity contribution in [1.82, 2.24) is 4.98 Å². The van der Waals surface area contributed by atoms with Gasteiger partial charge in [0.05, 0.1) is 5.69 Å². The zero-order chi connectivity index (χ0) is 21.5. The number of hydrogen-bond donors (Lipinski definition) is 0. The molecule has 0 bridgehead atoms. The Morgan fingerprint density at radius 2 is 1.63 bits per heavy atom. The van der Waals surface area contributed by atoms with Crippen LogP contribution in [0.5, 0.6) is 0 Å². The third-order valence-corrected chi connectivity index (χ3v) is 8.21. The first-order valence-electron chi connectivity index (χ1n) is 10.7. The molecule has 1 nitrogen and oxygen atoms in total. The Bertz CT molecular complexity index is 1190. The second kappa shape index (κ2) is 7.79. The molecule has 0 aliphatic rings. The van der Waals surface area contributed by atoms with Crippen LogP contribution in [0.2, 0.25) is 19.6 Å². The summed E-state index contributed by atoms with van der Waals surface area (Å²) in [4.78, 5) is 7.58. The maximum absolute atomic E-state index is 4.74. The van der Waals surface area contributed by atoms with Crippen LogP contribution in [0.4, 0.5) is 0 Å². The fourth-order valence-corrected chi connectivity index (χ4v) is 7.52.